The van der Waals surface area contributed by atoms with Crippen LogP contribution < -0.4 is 4.90 Å². The molecule has 160 valence electrons. The molecule has 2 N–H and O–H groups in total. The highest BCUT2D eigenvalue weighted by atomic mass is 35.5. The van der Waals surface area contributed by atoms with Gasteiger partial charge in [-0.15, -0.1) is 0 Å². The molecule has 0 bridgehead atoms. The van der Waals surface area contributed by atoms with Crippen LogP contribution in [0.15, 0.2) is 71.5 Å². The Kier molecular flexibility index (Phi) is 6.71. The van der Waals surface area contributed by atoms with Crippen LogP contribution in [-0.4, -0.2) is 53.0 Å². The predicted octanol–water partition coefficient (Wildman–Crippen LogP) is 3.59. The Hall–Kier alpha value is -3.65. The number of carbonyl (C=O) groups is 2. The lowest BCUT2D eigenvalue weighted by molar-refractivity contribution is -0.134. The minimum atomic E-state index is -1.26. The topological polar surface area (TPSA) is 93.4 Å². The minimum Gasteiger partial charge on any atom is -0.478 e. The quantitative estimate of drug-likeness (QED) is 0.704. The monoisotopic (exact) mass is 443 g/mol. The zero-order chi connectivity index (χ0) is 22.5. The molecule has 0 saturated carbocycles. The van der Waals surface area contributed by atoms with Gasteiger partial charge in [0.2, 0.25) is 0 Å². The molecule has 0 unspecified atom stereocenters. The first-order valence-corrected chi connectivity index (χ1v) is 9.55. The van der Waals surface area contributed by atoms with Gasteiger partial charge in [0.1, 0.15) is 5.82 Å². The van der Waals surface area contributed by atoms with Crippen molar-refractivity contribution in [3.8, 4) is 0 Å². The van der Waals surface area contributed by atoms with E-state index in [1.807, 2.05) is 31.3 Å². The van der Waals surface area contributed by atoms with Crippen molar-refractivity contribution in [2.24, 2.45) is 4.99 Å². The molecule has 2 aromatic carbocycles. The summed E-state index contributed by atoms with van der Waals surface area (Å²) in [6.07, 6.45) is 3.19. The van der Waals surface area contributed by atoms with E-state index in [4.69, 9.17) is 26.8 Å². The fourth-order valence-corrected chi connectivity index (χ4v) is 3.41. The summed E-state index contributed by atoms with van der Waals surface area (Å²) >= 11 is 6.20. The van der Waals surface area contributed by atoms with Gasteiger partial charge in [0, 0.05) is 41.5 Å². The van der Waals surface area contributed by atoms with E-state index in [9.17, 15) is 14.0 Å². The second-order valence-electron chi connectivity index (χ2n) is 6.76. The zero-order valence-corrected chi connectivity index (χ0v) is 17.3. The number of carboxylic acids is 2. The lowest BCUT2D eigenvalue weighted by Crippen LogP contribution is -2.25. The van der Waals surface area contributed by atoms with Gasteiger partial charge in [-0.1, -0.05) is 23.7 Å². The lowest BCUT2D eigenvalue weighted by Gasteiger charge is -2.23. The number of hydrogen-bond acceptors (Lipinski definition) is 5. The number of aliphatic imine (C=N–C) groups is 1. The Labute approximate surface area is 183 Å². The molecular formula is C22H19ClFN3O4. The summed E-state index contributed by atoms with van der Waals surface area (Å²) in [5, 5.41) is 16.2. The summed E-state index contributed by atoms with van der Waals surface area (Å²) < 4.78 is 14.3. The van der Waals surface area contributed by atoms with Gasteiger partial charge in [0.05, 0.1) is 30.3 Å². The summed E-state index contributed by atoms with van der Waals surface area (Å²) in [5.74, 6) is -2.79. The van der Waals surface area contributed by atoms with E-state index in [2.05, 4.69) is 16.0 Å². The van der Waals surface area contributed by atoms with Crippen LogP contribution in [-0.2, 0) is 9.59 Å². The number of halogens is 2. The molecule has 2 aromatic rings. The third-order valence-corrected chi connectivity index (χ3v) is 4.72. The second-order valence-corrected chi connectivity index (χ2v) is 7.20. The zero-order valence-electron chi connectivity index (χ0n) is 16.5. The Morgan fingerprint density at radius 1 is 1.10 bits per heavy atom. The molecule has 9 heteroatoms. The number of anilines is 1. The van der Waals surface area contributed by atoms with Gasteiger partial charge in [0.25, 0.3) is 0 Å². The van der Waals surface area contributed by atoms with Crippen LogP contribution in [0.5, 0.6) is 0 Å². The van der Waals surface area contributed by atoms with Crippen molar-refractivity contribution in [1.29, 1.82) is 0 Å². The van der Waals surface area contributed by atoms with Crippen LogP contribution >= 0.6 is 11.6 Å². The van der Waals surface area contributed by atoms with Crippen molar-refractivity contribution in [1.82, 2.24) is 4.90 Å². The fraction of sp³-hybridized carbons (Fsp3) is 0.136. The first-order valence-electron chi connectivity index (χ1n) is 9.18. The molecule has 2 aliphatic heterocycles. The molecule has 0 atom stereocenters. The average molecular weight is 444 g/mol. The van der Waals surface area contributed by atoms with Crippen LogP contribution in [0.4, 0.5) is 10.1 Å². The number of rotatable bonds is 3. The largest absolute Gasteiger partial charge is 0.478 e. The maximum atomic E-state index is 14.3. The number of benzene rings is 2. The molecule has 0 amide bonds. The highest BCUT2D eigenvalue weighted by molar-refractivity contribution is 6.31. The standard InChI is InChI=1S/C18H15ClFN3.C4H4O4/c1-22-10-13-9-21-18(14-4-2-3-5-16(14)20)15-8-12(19)6-7-17(15)23(13)11-22;5-3(6)1-2-4(7)8/h2-8,10H,9,11H2,1H3;1-2H,(H,5,6)(H,7,8)/b;2-1-. The van der Waals surface area contributed by atoms with E-state index in [1.54, 1.807) is 12.1 Å². The van der Waals surface area contributed by atoms with Crippen molar-refractivity contribution >= 4 is 34.9 Å². The summed E-state index contributed by atoms with van der Waals surface area (Å²) in [6.45, 7) is 1.27. The van der Waals surface area contributed by atoms with Crippen LogP contribution in [0.1, 0.15) is 11.1 Å². The van der Waals surface area contributed by atoms with Gasteiger partial charge in [0.15, 0.2) is 0 Å². The maximum absolute atomic E-state index is 14.3. The van der Waals surface area contributed by atoms with Crippen LogP contribution in [0, 0.1) is 5.82 Å². The van der Waals surface area contributed by atoms with Crippen molar-refractivity contribution in [2.75, 3.05) is 25.2 Å². The van der Waals surface area contributed by atoms with E-state index in [0.717, 1.165) is 23.6 Å². The normalized spacial score (nSPS) is 14.7. The molecule has 31 heavy (non-hydrogen) atoms. The van der Waals surface area contributed by atoms with Gasteiger partial charge in [-0.2, -0.15) is 0 Å². The molecule has 0 fully saturated rings. The molecule has 0 spiro atoms. The first-order chi connectivity index (χ1) is 14.8. The lowest BCUT2D eigenvalue weighted by atomic mass is 10.00. The number of nitrogens with zero attached hydrogens (tertiary/aromatic N) is 3. The molecule has 2 aliphatic rings. The van der Waals surface area contributed by atoms with E-state index in [-0.39, 0.29) is 5.82 Å². The molecule has 0 aliphatic carbocycles. The van der Waals surface area contributed by atoms with E-state index >= 15 is 0 Å². The van der Waals surface area contributed by atoms with Crippen molar-refractivity contribution < 1.29 is 24.2 Å². The van der Waals surface area contributed by atoms with E-state index in [0.29, 0.717) is 35.0 Å². The number of hydrogen-bond donors (Lipinski definition) is 2. The van der Waals surface area contributed by atoms with Crippen LogP contribution in [0.25, 0.3) is 0 Å². The molecule has 0 radical (unpaired) electrons. The minimum absolute atomic E-state index is 0.273. The third kappa shape index (κ3) is 5.29. The highest BCUT2D eigenvalue weighted by Gasteiger charge is 2.28. The molecule has 0 aromatic heterocycles. The van der Waals surface area contributed by atoms with E-state index < -0.39 is 11.9 Å². The molecule has 7 nitrogen and oxygen atoms in total. The molecule has 0 saturated heterocycles. The Morgan fingerprint density at radius 2 is 1.77 bits per heavy atom. The van der Waals surface area contributed by atoms with Crippen LogP contribution in [0.2, 0.25) is 5.02 Å². The van der Waals surface area contributed by atoms with Crippen molar-refractivity contribution in [3.05, 3.63) is 88.5 Å². The van der Waals surface area contributed by atoms with Crippen molar-refractivity contribution in [3.63, 3.8) is 0 Å². The van der Waals surface area contributed by atoms with Gasteiger partial charge in [-0.05, 0) is 30.3 Å². The predicted molar refractivity (Wildman–Crippen MR) is 116 cm³/mol. The second kappa shape index (κ2) is 9.44. The fourth-order valence-electron chi connectivity index (χ4n) is 3.24. The number of fused-ring (bicyclic) bond motifs is 3. The van der Waals surface area contributed by atoms with Gasteiger partial charge < -0.3 is 20.0 Å². The Morgan fingerprint density at radius 3 is 2.42 bits per heavy atom. The average Bonchev–Trinajstić information content (AvgIpc) is 3.02. The Balaban J connectivity index is 0.000000293. The Bertz CT molecular complexity index is 1100. The van der Waals surface area contributed by atoms with Crippen molar-refractivity contribution in [2.45, 2.75) is 0 Å². The number of aliphatic carboxylic acids is 2. The van der Waals surface area contributed by atoms with Gasteiger partial charge in [-0.25, -0.2) is 14.0 Å². The maximum Gasteiger partial charge on any atom is 0.328 e. The van der Waals surface area contributed by atoms with E-state index in [1.165, 1.54) is 6.07 Å². The first kappa shape index (κ1) is 22.0. The SMILES string of the molecule is CN1C=C2CN=C(c3ccccc3F)c3cc(Cl)ccc3N2C1.O=C(O)/C=C\C(=O)O. The highest BCUT2D eigenvalue weighted by Crippen LogP contribution is 2.34. The molecular weight excluding hydrogens is 425 g/mol. The third-order valence-electron chi connectivity index (χ3n) is 4.48. The smallest absolute Gasteiger partial charge is 0.328 e. The molecule has 2 heterocycles. The van der Waals surface area contributed by atoms with Gasteiger partial charge in [-0.3, -0.25) is 4.99 Å². The summed E-state index contributed by atoms with van der Waals surface area (Å²) in [7, 11) is 2.03. The molecule has 4 rings (SSSR count). The van der Waals surface area contributed by atoms with Gasteiger partial charge >= 0.3 is 11.9 Å². The van der Waals surface area contributed by atoms with Crippen LogP contribution in [0.3, 0.4) is 0 Å². The number of carboxylic acid groups (broad SMARTS) is 2. The summed E-state index contributed by atoms with van der Waals surface area (Å²) in [5.41, 5.74) is 4.12. The summed E-state index contributed by atoms with van der Waals surface area (Å²) in [6, 6.07) is 12.4. The summed E-state index contributed by atoms with van der Waals surface area (Å²) in [4.78, 5) is 28.1.